The molecule has 1 rings (SSSR count). The van der Waals surface area contributed by atoms with Crippen molar-refractivity contribution in [3.05, 3.63) is 48.6 Å². The van der Waals surface area contributed by atoms with Gasteiger partial charge in [0.05, 0.1) is 32.1 Å². The van der Waals surface area contributed by atoms with Crippen LogP contribution in [0.25, 0.3) is 0 Å². The van der Waals surface area contributed by atoms with Crippen molar-refractivity contribution in [2.45, 2.75) is 19.1 Å². The van der Waals surface area contributed by atoms with E-state index in [1.165, 1.54) is 7.11 Å². The van der Waals surface area contributed by atoms with Crippen LogP contribution < -0.4 is 0 Å². The van der Waals surface area contributed by atoms with Gasteiger partial charge in [-0.25, -0.2) is 0 Å². The molecule has 4 heteroatoms. The van der Waals surface area contributed by atoms with Crippen LogP contribution in [-0.4, -0.2) is 32.6 Å². The number of hydrogen-bond acceptors (Lipinski definition) is 4. The van der Waals surface area contributed by atoms with Gasteiger partial charge in [0.1, 0.15) is 7.11 Å². The van der Waals surface area contributed by atoms with Crippen LogP contribution in [-0.2, 0) is 20.9 Å². The minimum absolute atomic E-state index is 0.00971. The summed E-state index contributed by atoms with van der Waals surface area (Å²) in [6, 6.07) is 10.1. The highest BCUT2D eigenvalue weighted by Crippen LogP contribution is 2.04. The molecule has 0 spiro atoms. The molecule has 0 saturated carbocycles. The standard InChI is InChI=1S/C15H21NO3/c1-3-7-15(19-11-10-16-17-2)13-18-12-14-8-5-4-6-9-14/h3-6,8-10,15H,1,7,11-13H2,2H3. The normalized spacial score (nSPS) is 12.5. The van der Waals surface area contributed by atoms with Crippen molar-refractivity contribution in [1.29, 1.82) is 0 Å². The lowest BCUT2D eigenvalue weighted by atomic mass is 10.2. The van der Waals surface area contributed by atoms with Crippen molar-refractivity contribution in [3.8, 4) is 0 Å². The number of benzene rings is 1. The summed E-state index contributed by atoms with van der Waals surface area (Å²) >= 11 is 0. The van der Waals surface area contributed by atoms with Gasteiger partial charge < -0.3 is 14.3 Å². The van der Waals surface area contributed by atoms with E-state index in [-0.39, 0.29) is 6.10 Å². The van der Waals surface area contributed by atoms with Crippen LogP contribution in [0.5, 0.6) is 0 Å². The second-order valence-corrected chi connectivity index (χ2v) is 3.95. The minimum atomic E-state index is -0.00971. The van der Waals surface area contributed by atoms with E-state index in [1.807, 2.05) is 36.4 Å². The van der Waals surface area contributed by atoms with E-state index >= 15 is 0 Å². The maximum absolute atomic E-state index is 5.64. The second kappa shape index (κ2) is 10.3. The Labute approximate surface area is 114 Å². The lowest BCUT2D eigenvalue weighted by Crippen LogP contribution is -2.20. The fraction of sp³-hybridized carbons (Fsp3) is 0.400. The zero-order chi connectivity index (χ0) is 13.8. The molecule has 0 saturated heterocycles. The van der Waals surface area contributed by atoms with Gasteiger partial charge in [0.2, 0.25) is 0 Å². The smallest absolute Gasteiger partial charge is 0.106 e. The Bertz CT molecular complexity index is 365. The molecule has 0 amide bonds. The zero-order valence-electron chi connectivity index (χ0n) is 11.3. The Morgan fingerprint density at radius 3 is 2.79 bits per heavy atom. The molecule has 0 fully saturated rings. The summed E-state index contributed by atoms with van der Waals surface area (Å²) < 4.78 is 11.2. The third kappa shape index (κ3) is 7.39. The summed E-state index contributed by atoms with van der Waals surface area (Å²) in [7, 11) is 1.50. The Kier molecular flexibility index (Phi) is 8.34. The fourth-order valence-corrected chi connectivity index (χ4v) is 1.54. The predicted octanol–water partition coefficient (Wildman–Crippen LogP) is 2.80. The molecule has 19 heavy (non-hydrogen) atoms. The molecule has 4 nitrogen and oxygen atoms in total. The molecule has 0 radical (unpaired) electrons. The summed E-state index contributed by atoms with van der Waals surface area (Å²) in [6.07, 6.45) is 4.14. The maximum Gasteiger partial charge on any atom is 0.106 e. The summed E-state index contributed by atoms with van der Waals surface area (Å²) in [5.41, 5.74) is 1.15. The molecule has 1 unspecified atom stereocenters. The average Bonchev–Trinajstić information content (AvgIpc) is 2.44. The molecule has 0 bridgehead atoms. The van der Waals surface area contributed by atoms with Crippen LogP contribution in [0.15, 0.2) is 48.1 Å². The number of ether oxygens (including phenoxy) is 2. The van der Waals surface area contributed by atoms with Gasteiger partial charge in [0.15, 0.2) is 0 Å². The van der Waals surface area contributed by atoms with E-state index < -0.39 is 0 Å². The van der Waals surface area contributed by atoms with Gasteiger partial charge in [0, 0.05) is 0 Å². The highest BCUT2D eigenvalue weighted by atomic mass is 16.6. The van der Waals surface area contributed by atoms with Crippen LogP contribution >= 0.6 is 0 Å². The van der Waals surface area contributed by atoms with Crippen LogP contribution in [0.2, 0.25) is 0 Å². The molecule has 0 heterocycles. The monoisotopic (exact) mass is 263 g/mol. The largest absolute Gasteiger partial charge is 0.399 e. The molecule has 1 aromatic carbocycles. The SMILES string of the molecule is C=CCC(COCc1ccccc1)OCC=NOC. The Balaban J connectivity index is 2.25. The van der Waals surface area contributed by atoms with Gasteiger partial charge in [-0.2, -0.15) is 0 Å². The fourth-order valence-electron chi connectivity index (χ4n) is 1.54. The van der Waals surface area contributed by atoms with Crippen molar-refractivity contribution >= 4 is 6.21 Å². The Morgan fingerprint density at radius 1 is 1.32 bits per heavy atom. The van der Waals surface area contributed by atoms with Crippen molar-refractivity contribution in [2.24, 2.45) is 5.16 Å². The minimum Gasteiger partial charge on any atom is -0.399 e. The van der Waals surface area contributed by atoms with E-state index in [9.17, 15) is 0 Å². The molecule has 0 aliphatic rings. The van der Waals surface area contributed by atoms with E-state index in [1.54, 1.807) is 6.21 Å². The highest BCUT2D eigenvalue weighted by molar-refractivity contribution is 5.57. The summed E-state index contributed by atoms with van der Waals surface area (Å²) in [5.74, 6) is 0. The lowest BCUT2D eigenvalue weighted by molar-refractivity contribution is -0.00558. The van der Waals surface area contributed by atoms with Crippen molar-refractivity contribution in [2.75, 3.05) is 20.3 Å². The van der Waals surface area contributed by atoms with Gasteiger partial charge in [-0.05, 0) is 12.0 Å². The van der Waals surface area contributed by atoms with Crippen molar-refractivity contribution in [3.63, 3.8) is 0 Å². The van der Waals surface area contributed by atoms with Crippen LogP contribution in [0.4, 0.5) is 0 Å². The van der Waals surface area contributed by atoms with Crippen molar-refractivity contribution < 1.29 is 14.3 Å². The number of rotatable bonds is 10. The molecule has 1 atom stereocenters. The molecular weight excluding hydrogens is 242 g/mol. The number of hydrogen-bond donors (Lipinski definition) is 0. The molecule has 0 aliphatic carbocycles. The third-order valence-electron chi connectivity index (χ3n) is 2.43. The Morgan fingerprint density at radius 2 is 2.11 bits per heavy atom. The molecule has 0 aliphatic heterocycles. The molecular formula is C15H21NO3. The molecule has 104 valence electrons. The maximum atomic E-state index is 5.64. The van der Waals surface area contributed by atoms with Gasteiger partial charge in [-0.15, -0.1) is 6.58 Å². The van der Waals surface area contributed by atoms with E-state index in [4.69, 9.17) is 9.47 Å². The number of nitrogens with zero attached hydrogens (tertiary/aromatic N) is 1. The molecule has 1 aromatic rings. The predicted molar refractivity (Wildman–Crippen MR) is 76.2 cm³/mol. The van der Waals surface area contributed by atoms with E-state index in [0.717, 1.165) is 12.0 Å². The first-order valence-electron chi connectivity index (χ1n) is 6.26. The third-order valence-corrected chi connectivity index (χ3v) is 2.43. The average molecular weight is 263 g/mol. The van der Waals surface area contributed by atoms with Gasteiger partial charge in [-0.3, -0.25) is 0 Å². The second-order valence-electron chi connectivity index (χ2n) is 3.95. The first-order chi connectivity index (χ1) is 9.36. The van der Waals surface area contributed by atoms with Gasteiger partial charge >= 0.3 is 0 Å². The van der Waals surface area contributed by atoms with E-state index in [2.05, 4.69) is 16.6 Å². The quantitative estimate of drug-likeness (QED) is 0.370. The topological polar surface area (TPSA) is 40.0 Å². The zero-order valence-corrected chi connectivity index (χ0v) is 11.3. The van der Waals surface area contributed by atoms with Gasteiger partial charge in [-0.1, -0.05) is 41.6 Å². The van der Waals surface area contributed by atoms with Crippen molar-refractivity contribution in [1.82, 2.24) is 0 Å². The molecule has 0 N–H and O–H groups in total. The summed E-state index contributed by atoms with van der Waals surface area (Å²) in [4.78, 5) is 4.56. The first-order valence-corrected chi connectivity index (χ1v) is 6.26. The summed E-state index contributed by atoms with van der Waals surface area (Å²) in [5, 5.41) is 3.62. The molecule has 0 aromatic heterocycles. The number of oxime groups is 1. The first kappa shape index (κ1) is 15.4. The van der Waals surface area contributed by atoms with Crippen LogP contribution in [0, 0.1) is 0 Å². The Hall–Kier alpha value is -1.65. The van der Waals surface area contributed by atoms with Crippen LogP contribution in [0.1, 0.15) is 12.0 Å². The highest BCUT2D eigenvalue weighted by Gasteiger charge is 2.07. The lowest BCUT2D eigenvalue weighted by Gasteiger charge is -2.15. The van der Waals surface area contributed by atoms with Gasteiger partial charge in [0.25, 0.3) is 0 Å². The van der Waals surface area contributed by atoms with E-state index in [0.29, 0.717) is 19.8 Å². The van der Waals surface area contributed by atoms with Crippen LogP contribution in [0.3, 0.4) is 0 Å². The summed E-state index contributed by atoms with van der Waals surface area (Å²) in [6.45, 7) is 5.24.